The molecule has 0 radical (unpaired) electrons. The van der Waals surface area contributed by atoms with Crippen LogP contribution in [0.3, 0.4) is 0 Å². The number of sulfonamides is 1. The molecule has 0 unspecified atom stereocenters. The first-order chi connectivity index (χ1) is 12.0. The first kappa shape index (κ1) is 17.4. The van der Waals surface area contributed by atoms with E-state index in [0.29, 0.717) is 5.75 Å². The summed E-state index contributed by atoms with van der Waals surface area (Å²) in [5, 5.41) is 2.53. The molecule has 2 heterocycles. The summed E-state index contributed by atoms with van der Waals surface area (Å²) in [6, 6.07) is 11.3. The summed E-state index contributed by atoms with van der Waals surface area (Å²) >= 11 is 0. The Kier molecular flexibility index (Phi) is 5.00. The Bertz CT molecular complexity index is 827. The fourth-order valence-electron chi connectivity index (χ4n) is 2.85. The van der Waals surface area contributed by atoms with Gasteiger partial charge in [0.2, 0.25) is 15.9 Å². The van der Waals surface area contributed by atoms with Crippen molar-refractivity contribution in [3.63, 3.8) is 0 Å². The molecule has 1 aliphatic rings. The van der Waals surface area contributed by atoms with Gasteiger partial charge in [-0.3, -0.25) is 9.78 Å². The molecule has 1 N–H and O–H groups in total. The highest BCUT2D eigenvalue weighted by Crippen LogP contribution is 2.28. The van der Waals surface area contributed by atoms with Gasteiger partial charge in [-0.1, -0.05) is 18.2 Å². The van der Waals surface area contributed by atoms with Crippen LogP contribution in [0.25, 0.3) is 0 Å². The maximum atomic E-state index is 12.9. The molecule has 0 spiro atoms. The molecule has 25 heavy (non-hydrogen) atoms. The number of rotatable bonds is 5. The Morgan fingerprint density at radius 3 is 2.64 bits per heavy atom. The normalized spacial score (nSPS) is 21.0. The number of ether oxygens (including phenoxy) is 1. The van der Waals surface area contributed by atoms with E-state index in [1.165, 1.54) is 29.8 Å². The SMILES string of the molecule is CNC(=O)[C@@H]1C[C@H](Oc2ccccc2)CN1S(=O)(=O)c1cccnc1. The van der Waals surface area contributed by atoms with Crippen molar-refractivity contribution in [3.8, 4) is 5.75 Å². The Hall–Kier alpha value is -2.45. The number of nitrogens with one attached hydrogen (secondary N) is 1. The number of para-hydroxylation sites is 1. The topological polar surface area (TPSA) is 88.6 Å². The van der Waals surface area contributed by atoms with Crippen LogP contribution in [0.1, 0.15) is 6.42 Å². The van der Waals surface area contributed by atoms with Crippen molar-refractivity contribution in [2.45, 2.75) is 23.5 Å². The van der Waals surface area contributed by atoms with Gasteiger partial charge in [-0.15, -0.1) is 0 Å². The van der Waals surface area contributed by atoms with Gasteiger partial charge in [-0.05, 0) is 24.3 Å². The maximum Gasteiger partial charge on any atom is 0.245 e. The minimum absolute atomic E-state index is 0.0595. The van der Waals surface area contributed by atoms with Crippen LogP contribution in [-0.4, -0.2) is 49.4 Å². The van der Waals surface area contributed by atoms with Crippen LogP contribution < -0.4 is 10.1 Å². The average molecular weight is 361 g/mol. The van der Waals surface area contributed by atoms with E-state index >= 15 is 0 Å². The van der Waals surface area contributed by atoms with E-state index in [1.807, 2.05) is 18.2 Å². The van der Waals surface area contributed by atoms with E-state index in [2.05, 4.69) is 10.3 Å². The smallest absolute Gasteiger partial charge is 0.245 e. The first-order valence-electron chi connectivity index (χ1n) is 7.87. The third-order valence-electron chi connectivity index (χ3n) is 4.05. The Labute approximate surface area is 146 Å². The van der Waals surface area contributed by atoms with Crippen LogP contribution in [0.2, 0.25) is 0 Å². The van der Waals surface area contributed by atoms with Crippen LogP contribution in [0.5, 0.6) is 5.75 Å². The summed E-state index contributed by atoms with van der Waals surface area (Å²) in [7, 11) is -2.35. The van der Waals surface area contributed by atoms with Crippen LogP contribution >= 0.6 is 0 Å². The summed E-state index contributed by atoms with van der Waals surface area (Å²) in [5.41, 5.74) is 0. The zero-order valence-corrected chi connectivity index (χ0v) is 14.5. The van der Waals surface area contributed by atoms with E-state index in [9.17, 15) is 13.2 Å². The summed E-state index contributed by atoms with van der Waals surface area (Å²) in [6.45, 7) is 0.101. The van der Waals surface area contributed by atoms with Gasteiger partial charge in [0, 0.05) is 25.9 Å². The predicted molar refractivity (Wildman–Crippen MR) is 91.5 cm³/mol. The van der Waals surface area contributed by atoms with E-state index in [0.717, 1.165) is 0 Å². The zero-order chi connectivity index (χ0) is 17.9. The molecule has 2 atom stereocenters. The second-order valence-corrected chi connectivity index (χ2v) is 7.57. The third kappa shape index (κ3) is 3.64. The summed E-state index contributed by atoms with van der Waals surface area (Å²) < 4.78 is 32.9. The monoisotopic (exact) mass is 361 g/mol. The molecule has 1 amide bonds. The highest BCUT2D eigenvalue weighted by Gasteiger charge is 2.44. The number of likely N-dealkylation sites (N-methyl/N-ethyl adjacent to an activating group) is 1. The molecule has 1 fully saturated rings. The van der Waals surface area contributed by atoms with Crippen molar-refractivity contribution in [1.29, 1.82) is 0 Å². The quantitative estimate of drug-likeness (QED) is 0.860. The Morgan fingerprint density at radius 2 is 2.00 bits per heavy atom. The molecule has 8 heteroatoms. The number of amides is 1. The maximum absolute atomic E-state index is 12.9. The molecule has 7 nitrogen and oxygen atoms in total. The van der Waals surface area contributed by atoms with Crippen molar-refractivity contribution in [3.05, 3.63) is 54.9 Å². The van der Waals surface area contributed by atoms with Crippen molar-refractivity contribution >= 4 is 15.9 Å². The molecule has 0 bridgehead atoms. The molecule has 3 rings (SSSR count). The number of hydrogen-bond acceptors (Lipinski definition) is 5. The van der Waals surface area contributed by atoms with Gasteiger partial charge in [-0.2, -0.15) is 4.31 Å². The molecule has 132 valence electrons. The summed E-state index contributed by atoms with van der Waals surface area (Å²) in [5.74, 6) is 0.287. The largest absolute Gasteiger partial charge is 0.489 e. The van der Waals surface area contributed by atoms with Gasteiger partial charge in [0.05, 0.1) is 6.54 Å². The lowest BCUT2D eigenvalue weighted by atomic mass is 10.2. The average Bonchev–Trinajstić information content (AvgIpc) is 3.07. The van der Waals surface area contributed by atoms with E-state index < -0.39 is 22.2 Å². The lowest BCUT2D eigenvalue weighted by Crippen LogP contribution is -2.44. The molecule has 1 aromatic heterocycles. The van der Waals surface area contributed by atoms with Crippen molar-refractivity contribution in [2.75, 3.05) is 13.6 Å². The lowest BCUT2D eigenvalue weighted by molar-refractivity contribution is -0.123. The number of benzene rings is 1. The first-order valence-corrected chi connectivity index (χ1v) is 9.31. The number of pyridine rings is 1. The zero-order valence-electron chi connectivity index (χ0n) is 13.7. The molecule has 1 aliphatic heterocycles. The van der Waals surface area contributed by atoms with Gasteiger partial charge >= 0.3 is 0 Å². The van der Waals surface area contributed by atoms with Crippen LogP contribution in [0.4, 0.5) is 0 Å². The highest BCUT2D eigenvalue weighted by molar-refractivity contribution is 7.89. The molecular weight excluding hydrogens is 342 g/mol. The molecule has 0 saturated carbocycles. The van der Waals surface area contributed by atoms with Gasteiger partial charge in [0.25, 0.3) is 0 Å². The number of carbonyl (C=O) groups excluding carboxylic acids is 1. The molecule has 0 aliphatic carbocycles. The minimum Gasteiger partial charge on any atom is -0.489 e. The standard InChI is InChI=1S/C17H19N3O4S/c1-18-17(21)16-10-14(24-13-6-3-2-4-7-13)12-20(16)25(22,23)15-8-5-9-19-11-15/h2-9,11,14,16H,10,12H2,1H3,(H,18,21)/t14-,16-/m0/s1. The van der Waals surface area contributed by atoms with E-state index in [1.54, 1.807) is 18.2 Å². The predicted octanol–water partition coefficient (Wildman–Crippen LogP) is 1.04. The fraction of sp³-hybridized carbons (Fsp3) is 0.294. The van der Waals surface area contributed by atoms with Crippen LogP contribution in [0.15, 0.2) is 59.8 Å². The molecule has 1 aromatic carbocycles. The molecule has 2 aromatic rings. The number of hydrogen-bond donors (Lipinski definition) is 1. The number of aromatic nitrogens is 1. The van der Waals surface area contributed by atoms with E-state index in [-0.39, 0.29) is 23.8 Å². The van der Waals surface area contributed by atoms with Crippen molar-refractivity contribution in [2.24, 2.45) is 0 Å². The second-order valence-electron chi connectivity index (χ2n) is 5.68. The number of carbonyl (C=O) groups is 1. The van der Waals surface area contributed by atoms with Crippen LogP contribution in [-0.2, 0) is 14.8 Å². The third-order valence-corrected chi connectivity index (χ3v) is 5.91. The highest BCUT2D eigenvalue weighted by atomic mass is 32.2. The lowest BCUT2D eigenvalue weighted by Gasteiger charge is -2.22. The van der Waals surface area contributed by atoms with Gasteiger partial charge in [0.1, 0.15) is 22.8 Å². The van der Waals surface area contributed by atoms with Crippen molar-refractivity contribution < 1.29 is 17.9 Å². The number of nitrogens with zero attached hydrogens (tertiary/aromatic N) is 2. The summed E-state index contributed by atoms with van der Waals surface area (Å²) in [4.78, 5) is 16.1. The van der Waals surface area contributed by atoms with Gasteiger partial charge in [0.15, 0.2) is 0 Å². The second kappa shape index (κ2) is 7.20. The van der Waals surface area contributed by atoms with E-state index in [4.69, 9.17) is 4.74 Å². The van der Waals surface area contributed by atoms with Crippen molar-refractivity contribution in [1.82, 2.24) is 14.6 Å². The van der Waals surface area contributed by atoms with Crippen LogP contribution in [0, 0.1) is 0 Å². The summed E-state index contributed by atoms with van der Waals surface area (Å²) in [6.07, 6.45) is 2.66. The fourth-order valence-corrected chi connectivity index (χ4v) is 4.45. The van der Waals surface area contributed by atoms with Gasteiger partial charge in [-0.25, -0.2) is 8.42 Å². The molecule has 1 saturated heterocycles. The minimum atomic E-state index is -3.84. The van der Waals surface area contributed by atoms with Gasteiger partial charge < -0.3 is 10.1 Å². The molecular formula is C17H19N3O4S. The Balaban J connectivity index is 1.87. The Morgan fingerprint density at radius 1 is 1.24 bits per heavy atom.